The van der Waals surface area contributed by atoms with Gasteiger partial charge in [-0.15, -0.1) is 0 Å². The maximum absolute atomic E-state index is 5.28. The second-order valence-corrected chi connectivity index (χ2v) is 13.0. The van der Waals surface area contributed by atoms with Crippen molar-refractivity contribution >= 4 is 55.3 Å². The molecule has 0 spiro atoms. The SMILES string of the molecule is C1=CC(C2=NC(c3ccccc3)=NC(n3c4ccccc4c4ccc(-c5ccc6c(c5)c5ccccc5n6-c5ccccc5)cc43)N2)=CCC1. The highest BCUT2D eigenvalue weighted by Gasteiger charge is 2.25. The van der Waals surface area contributed by atoms with Crippen LogP contribution in [0.1, 0.15) is 24.7 Å². The first-order valence-corrected chi connectivity index (χ1v) is 17.3. The summed E-state index contributed by atoms with van der Waals surface area (Å²) < 4.78 is 4.71. The fourth-order valence-electron chi connectivity index (χ4n) is 7.67. The first-order chi connectivity index (χ1) is 24.8. The summed E-state index contributed by atoms with van der Waals surface area (Å²) >= 11 is 0. The zero-order chi connectivity index (χ0) is 33.0. The maximum atomic E-state index is 5.28. The van der Waals surface area contributed by atoms with Gasteiger partial charge in [-0.2, -0.15) is 0 Å². The normalized spacial score (nSPS) is 16.1. The summed E-state index contributed by atoms with van der Waals surface area (Å²) in [7, 11) is 0. The largest absolute Gasteiger partial charge is 0.331 e. The van der Waals surface area contributed by atoms with Crippen LogP contribution >= 0.6 is 0 Å². The Labute approximate surface area is 289 Å². The summed E-state index contributed by atoms with van der Waals surface area (Å²) in [5, 5.41) is 8.62. The van der Waals surface area contributed by atoms with E-state index in [0.29, 0.717) is 0 Å². The van der Waals surface area contributed by atoms with Crippen LogP contribution in [0.5, 0.6) is 0 Å². The van der Waals surface area contributed by atoms with E-state index in [0.717, 1.165) is 57.9 Å². The quantitative estimate of drug-likeness (QED) is 0.199. The predicted octanol–water partition coefficient (Wildman–Crippen LogP) is 10.7. The third kappa shape index (κ3) is 4.62. The van der Waals surface area contributed by atoms with Crippen molar-refractivity contribution in [2.24, 2.45) is 9.98 Å². The number of para-hydroxylation sites is 3. The van der Waals surface area contributed by atoms with Gasteiger partial charge in [0.05, 0.1) is 22.1 Å². The zero-order valence-electron chi connectivity index (χ0n) is 27.4. The number of fused-ring (bicyclic) bond motifs is 6. The van der Waals surface area contributed by atoms with Crippen molar-refractivity contribution in [3.05, 3.63) is 175 Å². The summed E-state index contributed by atoms with van der Waals surface area (Å²) in [6.45, 7) is 0. The summed E-state index contributed by atoms with van der Waals surface area (Å²) in [5.41, 5.74) is 10.3. The van der Waals surface area contributed by atoms with Crippen LogP contribution in [0.3, 0.4) is 0 Å². The Morgan fingerprint density at radius 3 is 2.00 bits per heavy atom. The number of rotatable bonds is 5. The average Bonchev–Trinajstić information content (AvgIpc) is 3.71. The van der Waals surface area contributed by atoms with Crippen LogP contribution in [-0.4, -0.2) is 20.8 Å². The highest BCUT2D eigenvalue weighted by atomic mass is 15.3. The topological polar surface area (TPSA) is 46.6 Å². The first kappa shape index (κ1) is 28.5. The molecule has 1 aliphatic heterocycles. The standard InChI is InChI=1S/C45H33N5/c1-4-14-30(15-5-1)43-46-44(31-16-6-2-7-17-31)48-45(47-43)50-40-23-13-10-20-35(40)37-26-24-33(29-42(37)50)32-25-27-41-38(28-32)36-21-11-12-22-39(36)49(41)34-18-8-3-9-19-34/h1,3-6,8-29,45H,2,7H2,(H,46,47,48). The lowest BCUT2D eigenvalue weighted by Crippen LogP contribution is -2.37. The number of amidine groups is 2. The minimum atomic E-state index is -0.391. The van der Waals surface area contributed by atoms with Crippen LogP contribution in [0.25, 0.3) is 60.4 Å². The van der Waals surface area contributed by atoms with E-state index < -0.39 is 6.29 Å². The number of benzene rings is 6. The molecule has 238 valence electrons. The van der Waals surface area contributed by atoms with Crippen molar-refractivity contribution in [3.63, 3.8) is 0 Å². The maximum Gasteiger partial charge on any atom is 0.204 e. The van der Waals surface area contributed by atoms with Crippen molar-refractivity contribution in [1.29, 1.82) is 0 Å². The molecule has 5 nitrogen and oxygen atoms in total. The molecular formula is C45H33N5. The Hall–Kier alpha value is -6.46. The molecule has 2 aliphatic rings. The summed E-state index contributed by atoms with van der Waals surface area (Å²) in [6, 6.07) is 52.0. The molecule has 6 aromatic carbocycles. The van der Waals surface area contributed by atoms with Gasteiger partial charge in [-0.1, -0.05) is 121 Å². The van der Waals surface area contributed by atoms with Crippen LogP contribution in [0, 0.1) is 0 Å². The number of nitrogens with zero attached hydrogens (tertiary/aromatic N) is 4. The fourth-order valence-corrected chi connectivity index (χ4v) is 7.67. The Balaban J connectivity index is 1.16. The molecule has 1 aliphatic carbocycles. The number of nitrogens with one attached hydrogen (secondary N) is 1. The molecule has 0 radical (unpaired) electrons. The van der Waals surface area contributed by atoms with Gasteiger partial charge in [-0.05, 0) is 66.4 Å². The van der Waals surface area contributed by atoms with Gasteiger partial charge in [0, 0.05) is 38.4 Å². The summed E-state index contributed by atoms with van der Waals surface area (Å²) in [4.78, 5) is 10.3. The highest BCUT2D eigenvalue weighted by Crippen LogP contribution is 2.38. The van der Waals surface area contributed by atoms with Crippen molar-refractivity contribution in [2.45, 2.75) is 19.1 Å². The van der Waals surface area contributed by atoms with Crippen LogP contribution < -0.4 is 5.32 Å². The van der Waals surface area contributed by atoms with Gasteiger partial charge in [0.15, 0.2) is 5.84 Å². The lowest BCUT2D eigenvalue weighted by atomic mass is 10.0. The van der Waals surface area contributed by atoms with Crippen molar-refractivity contribution in [1.82, 2.24) is 14.5 Å². The lowest BCUT2D eigenvalue weighted by molar-refractivity contribution is 0.515. The highest BCUT2D eigenvalue weighted by molar-refractivity contribution is 6.15. The second kappa shape index (κ2) is 11.6. The van der Waals surface area contributed by atoms with Crippen LogP contribution in [-0.2, 0) is 0 Å². The molecule has 3 heterocycles. The van der Waals surface area contributed by atoms with E-state index in [1.165, 1.54) is 38.1 Å². The Morgan fingerprint density at radius 1 is 0.540 bits per heavy atom. The van der Waals surface area contributed by atoms with Crippen LogP contribution in [0.4, 0.5) is 0 Å². The molecule has 0 bridgehead atoms. The number of allylic oxidation sites excluding steroid dienone is 2. The van der Waals surface area contributed by atoms with Gasteiger partial charge in [0.1, 0.15) is 5.84 Å². The van der Waals surface area contributed by atoms with Crippen LogP contribution in [0.2, 0.25) is 0 Å². The molecule has 10 rings (SSSR count). The van der Waals surface area contributed by atoms with E-state index >= 15 is 0 Å². The van der Waals surface area contributed by atoms with E-state index in [1.54, 1.807) is 0 Å². The molecule has 0 saturated heterocycles. The summed E-state index contributed by atoms with van der Waals surface area (Å²) in [6.07, 6.45) is 8.33. The molecule has 0 amide bonds. The van der Waals surface area contributed by atoms with Gasteiger partial charge in [-0.25, -0.2) is 9.98 Å². The fraction of sp³-hybridized carbons (Fsp3) is 0.0667. The number of hydrogen-bond donors (Lipinski definition) is 1. The second-order valence-electron chi connectivity index (χ2n) is 13.0. The smallest absolute Gasteiger partial charge is 0.204 e. The van der Waals surface area contributed by atoms with E-state index in [2.05, 4.69) is 160 Å². The molecule has 2 aromatic heterocycles. The molecule has 1 N–H and O–H groups in total. The molecule has 50 heavy (non-hydrogen) atoms. The van der Waals surface area contributed by atoms with E-state index in [-0.39, 0.29) is 0 Å². The average molecular weight is 644 g/mol. The van der Waals surface area contributed by atoms with Gasteiger partial charge >= 0.3 is 0 Å². The Morgan fingerprint density at radius 2 is 1.20 bits per heavy atom. The minimum Gasteiger partial charge on any atom is -0.331 e. The molecule has 5 heteroatoms. The molecule has 1 atom stereocenters. The minimum absolute atomic E-state index is 0.391. The van der Waals surface area contributed by atoms with Gasteiger partial charge in [0.2, 0.25) is 6.29 Å². The first-order valence-electron chi connectivity index (χ1n) is 17.3. The van der Waals surface area contributed by atoms with Crippen LogP contribution in [0.15, 0.2) is 179 Å². The Kier molecular flexibility index (Phi) is 6.62. The molecule has 0 fully saturated rings. The molecular weight excluding hydrogens is 611 g/mol. The van der Waals surface area contributed by atoms with Crippen molar-refractivity contribution in [3.8, 4) is 16.8 Å². The summed E-state index contributed by atoms with van der Waals surface area (Å²) in [5.74, 6) is 1.58. The lowest BCUT2D eigenvalue weighted by Gasteiger charge is -2.26. The van der Waals surface area contributed by atoms with E-state index in [4.69, 9.17) is 9.98 Å². The predicted molar refractivity (Wildman–Crippen MR) is 208 cm³/mol. The van der Waals surface area contributed by atoms with E-state index in [1.807, 2.05) is 18.2 Å². The number of hydrogen-bond acceptors (Lipinski definition) is 3. The monoisotopic (exact) mass is 643 g/mol. The van der Waals surface area contributed by atoms with Gasteiger partial charge < -0.3 is 14.5 Å². The number of aromatic nitrogens is 2. The van der Waals surface area contributed by atoms with E-state index in [9.17, 15) is 0 Å². The Bertz CT molecular complexity index is 2720. The number of aliphatic imine (C=N–C) groups is 2. The van der Waals surface area contributed by atoms with Crippen molar-refractivity contribution < 1.29 is 0 Å². The van der Waals surface area contributed by atoms with Gasteiger partial charge in [0.25, 0.3) is 0 Å². The third-order valence-corrected chi connectivity index (χ3v) is 10.0. The molecule has 8 aromatic rings. The molecule has 1 unspecified atom stereocenters. The third-order valence-electron chi connectivity index (χ3n) is 10.0. The molecule has 0 saturated carbocycles. The van der Waals surface area contributed by atoms with Gasteiger partial charge in [-0.3, -0.25) is 0 Å². The zero-order valence-corrected chi connectivity index (χ0v) is 27.4. The van der Waals surface area contributed by atoms with Crippen molar-refractivity contribution in [2.75, 3.05) is 0 Å².